The summed E-state index contributed by atoms with van der Waals surface area (Å²) in [5.41, 5.74) is 5.22. The first-order valence-corrected chi connectivity index (χ1v) is 20.7. The number of fused-ring (bicyclic) bond motifs is 2. The van der Waals surface area contributed by atoms with Crippen LogP contribution < -0.4 is 10.1 Å². The Hall–Kier alpha value is -2.93. The van der Waals surface area contributed by atoms with Crippen LogP contribution in [0.15, 0.2) is 66.7 Å². The second kappa shape index (κ2) is 14.7. The van der Waals surface area contributed by atoms with Crippen LogP contribution in [0.1, 0.15) is 115 Å². The van der Waals surface area contributed by atoms with Crippen LogP contribution in [0.25, 0.3) is 0 Å². The Morgan fingerprint density at radius 2 is 1.51 bits per heavy atom. The fraction of sp³-hybridized carbons (Fsp3) is 0.537. The van der Waals surface area contributed by atoms with Crippen molar-refractivity contribution in [1.29, 1.82) is 0 Å². The molecule has 1 saturated carbocycles. The lowest BCUT2D eigenvalue weighted by Gasteiger charge is -2.39. The van der Waals surface area contributed by atoms with Gasteiger partial charge in [-0.1, -0.05) is 109 Å². The van der Waals surface area contributed by atoms with E-state index < -0.39 is 8.32 Å². The monoisotopic (exact) mass is 655 g/mol. The zero-order valence-electron chi connectivity index (χ0n) is 30.1. The Morgan fingerprint density at radius 1 is 0.894 bits per heavy atom. The number of aryl methyl sites for hydroxylation is 1. The molecule has 1 unspecified atom stereocenters. The van der Waals surface area contributed by atoms with Crippen LogP contribution in [0.3, 0.4) is 0 Å². The van der Waals surface area contributed by atoms with Crippen molar-refractivity contribution in [3.8, 4) is 11.5 Å². The van der Waals surface area contributed by atoms with Crippen molar-refractivity contribution >= 4 is 19.9 Å². The minimum Gasteiger partial charge on any atom is -0.457 e. The summed E-state index contributed by atoms with van der Waals surface area (Å²) in [5.74, 6) is 1.57. The quantitative estimate of drug-likeness (QED) is 0.209. The third-order valence-electron chi connectivity index (χ3n) is 10.5. The molecular weight excluding hydrogens is 599 g/mol. The Labute approximate surface area is 284 Å². The van der Waals surface area contributed by atoms with Crippen LogP contribution in [-0.4, -0.2) is 33.0 Å². The van der Waals surface area contributed by atoms with E-state index in [9.17, 15) is 4.79 Å². The molecule has 0 bridgehead atoms. The molecule has 5 rings (SSSR count). The number of amides is 1. The SMILES string of the molecule is CC(C)(C)c1ccc(CCC(COC2CCCCC2)O[Si](C)(C)C(C)(C)C)cc1NC(=O)CC1c2ccccc2Oc2ccccc21. The number of nitrogens with one attached hydrogen (secondary N) is 1. The van der Waals surface area contributed by atoms with E-state index in [1.807, 2.05) is 36.4 Å². The lowest BCUT2D eigenvalue weighted by molar-refractivity contribution is -0.116. The zero-order valence-corrected chi connectivity index (χ0v) is 31.1. The molecule has 1 heterocycles. The average Bonchev–Trinajstić information content (AvgIpc) is 3.01. The molecule has 2 aliphatic rings. The van der Waals surface area contributed by atoms with E-state index in [1.165, 1.54) is 24.8 Å². The van der Waals surface area contributed by atoms with Crippen LogP contribution >= 0.6 is 0 Å². The Kier molecular flexibility index (Phi) is 11.0. The summed E-state index contributed by atoms with van der Waals surface area (Å²) >= 11 is 0. The van der Waals surface area contributed by atoms with Crippen molar-refractivity contribution < 1.29 is 18.7 Å². The van der Waals surface area contributed by atoms with Crippen molar-refractivity contribution in [3.05, 3.63) is 89.0 Å². The predicted molar refractivity (Wildman–Crippen MR) is 196 cm³/mol. The predicted octanol–water partition coefficient (Wildman–Crippen LogP) is 10.9. The molecule has 0 radical (unpaired) electrons. The Morgan fingerprint density at radius 3 is 2.11 bits per heavy atom. The van der Waals surface area contributed by atoms with Crippen LogP contribution in [0.4, 0.5) is 5.69 Å². The molecule has 1 aliphatic heterocycles. The number of para-hydroxylation sites is 2. The van der Waals surface area contributed by atoms with Crippen LogP contribution in [-0.2, 0) is 25.8 Å². The Balaban J connectivity index is 1.33. The molecule has 0 aromatic heterocycles. The third kappa shape index (κ3) is 8.95. The minimum atomic E-state index is -1.98. The molecule has 254 valence electrons. The molecular formula is C41H57NO4Si. The molecule has 0 saturated heterocycles. The smallest absolute Gasteiger partial charge is 0.225 e. The highest BCUT2D eigenvalue weighted by Gasteiger charge is 2.39. The van der Waals surface area contributed by atoms with Crippen molar-refractivity contribution in [2.75, 3.05) is 11.9 Å². The van der Waals surface area contributed by atoms with Gasteiger partial charge in [0.05, 0.1) is 18.8 Å². The van der Waals surface area contributed by atoms with Gasteiger partial charge in [-0.2, -0.15) is 0 Å². The largest absolute Gasteiger partial charge is 0.457 e. The van der Waals surface area contributed by atoms with Gasteiger partial charge in [0.25, 0.3) is 0 Å². The van der Waals surface area contributed by atoms with Crippen LogP contribution in [0.5, 0.6) is 11.5 Å². The molecule has 1 atom stereocenters. The molecule has 6 heteroatoms. The van der Waals surface area contributed by atoms with Gasteiger partial charge in [-0.3, -0.25) is 4.79 Å². The maximum atomic E-state index is 13.9. The summed E-state index contributed by atoms with van der Waals surface area (Å²) in [7, 11) is -1.98. The van der Waals surface area contributed by atoms with Crippen molar-refractivity contribution in [2.24, 2.45) is 0 Å². The number of rotatable bonds is 11. The summed E-state index contributed by atoms with van der Waals surface area (Å²) < 4.78 is 19.6. The summed E-state index contributed by atoms with van der Waals surface area (Å²) in [6.07, 6.45) is 8.67. The first-order valence-electron chi connectivity index (χ1n) is 17.8. The van der Waals surface area contributed by atoms with Gasteiger partial charge in [0.15, 0.2) is 8.32 Å². The molecule has 1 N–H and O–H groups in total. The lowest BCUT2D eigenvalue weighted by atomic mass is 9.84. The first kappa shape index (κ1) is 35.4. The van der Waals surface area contributed by atoms with Gasteiger partial charge in [0.2, 0.25) is 5.91 Å². The highest BCUT2D eigenvalue weighted by Crippen LogP contribution is 2.45. The van der Waals surface area contributed by atoms with Gasteiger partial charge in [0, 0.05) is 29.2 Å². The zero-order chi connectivity index (χ0) is 33.8. The summed E-state index contributed by atoms with van der Waals surface area (Å²) in [6, 6.07) is 22.7. The molecule has 1 fully saturated rings. The maximum Gasteiger partial charge on any atom is 0.225 e. The number of anilines is 1. The molecule has 1 aliphatic carbocycles. The highest BCUT2D eigenvalue weighted by atomic mass is 28.4. The fourth-order valence-corrected chi connectivity index (χ4v) is 8.06. The lowest BCUT2D eigenvalue weighted by Crippen LogP contribution is -2.45. The number of hydrogen-bond acceptors (Lipinski definition) is 4. The maximum absolute atomic E-state index is 13.9. The number of carbonyl (C=O) groups excluding carboxylic acids is 1. The second-order valence-corrected chi connectivity index (χ2v) is 21.0. The van der Waals surface area contributed by atoms with Gasteiger partial charge in [0.1, 0.15) is 11.5 Å². The van der Waals surface area contributed by atoms with E-state index in [0.29, 0.717) is 19.1 Å². The number of carbonyl (C=O) groups is 1. The van der Waals surface area contributed by atoms with Crippen molar-refractivity contribution in [2.45, 2.75) is 135 Å². The Bertz CT molecular complexity index is 1470. The molecule has 1 amide bonds. The molecule has 47 heavy (non-hydrogen) atoms. The molecule has 0 spiro atoms. The minimum absolute atomic E-state index is 0.00387. The number of benzene rings is 3. The molecule has 3 aromatic rings. The topological polar surface area (TPSA) is 56.8 Å². The van der Waals surface area contributed by atoms with Gasteiger partial charge < -0.3 is 19.2 Å². The van der Waals surface area contributed by atoms with E-state index in [4.69, 9.17) is 13.9 Å². The second-order valence-electron chi connectivity index (χ2n) is 16.2. The fourth-order valence-electron chi connectivity index (χ4n) is 6.69. The van der Waals surface area contributed by atoms with E-state index in [-0.39, 0.29) is 28.4 Å². The van der Waals surface area contributed by atoms with E-state index >= 15 is 0 Å². The highest BCUT2D eigenvalue weighted by molar-refractivity contribution is 6.74. The molecule has 3 aromatic carbocycles. The molecule has 5 nitrogen and oxygen atoms in total. The normalized spacial score (nSPS) is 16.6. The first-order chi connectivity index (χ1) is 22.2. The summed E-state index contributed by atoms with van der Waals surface area (Å²) in [5, 5.41) is 3.48. The van der Waals surface area contributed by atoms with E-state index in [1.54, 1.807) is 0 Å². The number of ether oxygens (including phenoxy) is 2. The third-order valence-corrected chi connectivity index (χ3v) is 15.0. The van der Waals surface area contributed by atoms with Gasteiger partial charge in [-0.25, -0.2) is 0 Å². The number of hydrogen-bond donors (Lipinski definition) is 1. The van der Waals surface area contributed by atoms with Gasteiger partial charge in [-0.05, 0) is 78.6 Å². The van der Waals surface area contributed by atoms with E-state index in [2.05, 4.69) is 90.3 Å². The average molecular weight is 656 g/mol. The van der Waals surface area contributed by atoms with Gasteiger partial charge >= 0.3 is 0 Å². The standard InChI is InChI=1S/C41H57NO4Si/c1-40(2,3)35-25-23-29(22-24-31(46-47(7,8)41(4,5)6)28-44-30-16-10-9-11-17-30)26-36(35)42-39(43)27-34-32-18-12-14-20-37(32)45-38-21-15-13-19-33(34)38/h12-15,18-21,23,25-26,30-31,34H,9-11,16-17,22,24,27-28H2,1-8H3,(H,42,43). The van der Waals surface area contributed by atoms with E-state index in [0.717, 1.165) is 59.6 Å². The summed E-state index contributed by atoms with van der Waals surface area (Å²) in [4.78, 5) is 13.9. The van der Waals surface area contributed by atoms with Crippen LogP contribution in [0, 0.1) is 0 Å². The van der Waals surface area contributed by atoms with Crippen molar-refractivity contribution in [1.82, 2.24) is 0 Å². The van der Waals surface area contributed by atoms with Crippen LogP contribution in [0.2, 0.25) is 18.1 Å². The van der Waals surface area contributed by atoms with Gasteiger partial charge in [-0.15, -0.1) is 0 Å². The summed E-state index contributed by atoms with van der Waals surface area (Å²) in [6.45, 7) is 18.8. The van der Waals surface area contributed by atoms with Crippen molar-refractivity contribution in [3.63, 3.8) is 0 Å².